The predicted molar refractivity (Wildman–Crippen MR) is 50.4 cm³/mol. The van der Waals surface area contributed by atoms with Crippen molar-refractivity contribution in [2.45, 2.75) is 25.8 Å². The molecular formula is C10H15N3O. The van der Waals surface area contributed by atoms with Gasteiger partial charge in [-0.2, -0.15) is 0 Å². The van der Waals surface area contributed by atoms with Gasteiger partial charge in [-0.1, -0.05) is 6.42 Å². The SMILES string of the molecule is c1nnc(CN2CC3CCCC3C2)o1. The van der Waals surface area contributed by atoms with Gasteiger partial charge >= 0.3 is 0 Å². The van der Waals surface area contributed by atoms with Crippen LogP contribution in [0.5, 0.6) is 0 Å². The monoisotopic (exact) mass is 193 g/mol. The highest BCUT2D eigenvalue weighted by atomic mass is 16.4. The van der Waals surface area contributed by atoms with Gasteiger partial charge in [-0.05, 0) is 24.7 Å². The van der Waals surface area contributed by atoms with Crippen LogP contribution in [0.1, 0.15) is 25.2 Å². The fraction of sp³-hybridized carbons (Fsp3) is 0.800. The second kappa shape index (κ2) is 3.35. The van der Waals surface area contributed by atoms with Crippen LogP contribution in [0.15, 0.2) is 10.8 Å². The first-order valence-electron chi connectivity index (χ1n) is 5.39. The van der Waals surface area contributed by atoms with Gasteiger partial charge in [0.05, 0.1) is 6.54 Å². The van der Waals surface area contributed by atoms with E-state index in [1.54, 1.807) is 0 Å². The maximum absolute atomic E-state index is 5.15. The normalized spacial score (nSPS) is 32.3. The zero-order valence-corrected chi connectivity index (χ0v) is 8.22. The molecule has 14 heavy (non-hydrogen) atoms. The minimum Gasteiger partial charge on any atom is -0.427 e. The lowest BCUT2D eigenvalue weighted by molar-refractivity contribution is 0.270. The third kappa shape index (κ3) is 1.43. The molecule has 1 aliphatic carbocycles. The Balaban J connectivity index is 1.61. The maximum atomic E-state index is 5.15. The van der Waals surface area contributed by atoms with Crippen LogP contribution in [0.25, 0.3) is 0 Å². The predicted octanol–water partition coefficient (Wildman–Crippen LogP) is 1.30. The summed E-state index contributed by atoms with van der Waals surface area (Å²) in [6.45, 7) is 3.30. The van der Waals surface area contributed by atoms with E-state index in [0.717, 1.165) is 24.3 Å². The molecule has 3 rings (SSSR count). The summed E-state index contributed by atoms with van der Waals surface area (Å²) in [5.74, 6) is 2.64. The highest BCUT2D eigenvalue weighted by Crippen LogP contribution is 2.37. The van der Waals surface area contributed by atoms with Gasteiger partial charge in [0.2, 0.25) is 12.3 Å². The molecule has 4 nitrogen and oxygen atoms in total. The van der Waals surface area contributed by atoms with E-state index in [4.69, 9.17) is 4.42 Å². The number of aromatic nitrogens is 2. The average molecular weight is 193 g/mol. The quantitative estimate of drug-likeness (QED) is 0.710. The van der Waals surface area contributed by atoms with Crippen LogP contribution in [0.3, 0.4) is 0 Å². The zero-order chi connectivity index (χ0) is 9.38. The molecule has 2 heterocycles. The van der Waals surface area contributed by atoms with Crippen molar-refractivity contribution in [1.29, 1.82) is 0 Å². The second-order valence-electron chi connectivity index (χ2n) is 4.48. The molecule has 0 amide bonds. The van der Waals surface area contributed by atoms with Crippen molar-refractivity contribution in [2.24, 2.45) is 11.8 Å². The van der Waals surface area contributed by atoms with Gasteiger partial charge in [0.1, 0.15) is 0 Å². The minimum absolute atomic E-state index is 0.755. The van der Waals surface area contributed by atoms with Crippen LogP contribution in [-0.2, 0) is 6.54 Å². The van der Waals surface area contributed by atoms with E-state index in [1.165, 1.54) is 38.7 Å². The van der Waals surface area contributed by atoms with Gasteiger partial charge in [0.15, 0.2) is 0 Å². The van der Waals surface area contributed by atoms with E-state index in [9.17, 15) is 0 Å². The molecule has 0 N–H and O–H groups in total. The maximum Gasteiger partial charge on any atom is 0.230 e. The van der Waals surface area contributed by atoms with Crippen LogP contribution in [0.2, 0.25) is 0 Å². The van der Waals surface area contributed by atoms with E-state index in [1.807, 2.05) is 0 Å². The van der Waals surface area contributed by atoms with Crippen LogP contribution < -0.4 is 0 Å². The van der Waals surface area contributed by atoms with Crippen molar-refractivity contribution in [3.63, 3.8) is 0 Å². The van der Waals surface area contributed by atoms with Gasteiger partial charge in [-0.25, -0.2) is 0 Å². The molecular weight excluding hydrogens is 178 g/mol. The highest BCUT2D eigenvalue weighted by molar-refractivity contribution is 4.89. The van der Waals surface area contributed by atoms with Gasteiger partial charge in [-0.15, -0.1) is 10.2 Å². The molecule has 2 unspecified atom stereocenters. The van der Waals surface area contributed by atoms with Gasteiger partial charge in [0, 0.05) is 13.1 Å². The number of likely N-dealkylation sites (tertiary alicyclic amines) is 1. The first kappa shape index (κ1) is 8.41. The minimum atomic E-state index is 0.755. The Kier molecular flexibility index (Phi) is 2.01. The first-order chi connectivity index (χ1) is 6.92. The molecule has 1 saturated carbocycles. The molecule has 0 spiro atoms. The van der Waals surface area contributed by atoms with E-state index < -0.39 is 0 Å². The van der Waals surface area contributed by atoms with E-state index in [-0.39, 0.29) is 0 Å². The Bertz CT molecular complexity index is 286. The number of hydrogen-bond donors (Lipinski definition) is 0. The molecule has 0 radical (unpaired) electrons. The zero-order valence-electron chi connectivity index (χ0n) is 8.22. The third-order valence-electron chi connectivity index (χ3n) is 3.57. The molecule has 2 fully saturated rings. The molecule has 1 aromatic rings. The number of fused-ring (bicyclic) bond motifs is 1. The average Bonchev–Trinajstić information content (AvgIpc) is 2.78. The van der Waals surface area contributed by atoms with Gasteiger partial charge in [0.25, 0.3) is 0 Å². The molecule has 4 heteroatoms. The van der Waals surface area contributed by atoms with Crippen LogP contribution in [0.4, 0.5) is 0 Å². The molecule has 2 aliphatic rings. The Labute approximate surface area is 83.3 Å². The van der Waals surface area contributed by atoms with E-state index in [0.29, 0.717) is 0 Å². The third-order valence-corrected chi connectivity index (χ3v) is 3.57. The summed E-state index contributed by atoms with van der Waals surface area (Å²) in [5, 5.41) is 7.61. The number of nitrogens with zero attached hydrogens (tertiary/aromatic N) is 3. The lowest BCUT2D eigenvalue weighted by Crippen LogP contribution is -2.21. The summed E-state index contributed by atoms with van der Waals surface area (Å²) in [4.78, 5) is 2.45. The fourth-order valence-corrected chi connectivity index (χ4v) is 2.92. The second-order valence-corrected chi connectivity index (χ2v) is 4.48. The summed E-state index contributed by atoms with van der Waals surface area (Å²) in [5.41, 5.74) is 0. The molecule has 0 aromatic carbocycles. The van der Waals surface area contributed by atoms with Gasteiger partial charge < -0.3 is 4.42 Å². The Morgan fingerprint density at radius 1 is 1.36 bits per heavy atom. The standard InChI is InChI=1S/C10H15N3O/c1-2-8-4-13(5-9(8)3-1)6-10-12-11-7-14-10/h7-9H,1-6H2. The van der Waals surface area contributed by atoms with E-state index >= 15 is 0 Å². The number of rotatable bonds is 2. The molecule has 0 bridgehead atoms. The van der Waals surface area contributed by atoms with E-state index in [2.05, 4.69) is 15.1 Å². The smallest absolute Gasteiger partial charge is 0.230 e. The molecule has 1 aromatic heterocycles. The molecule has 2 atom stereocenters. The molecule has 1 saturated heterocycles. The van der Waals surface area contributed by atoms with Crippen molar-refractivity contribution < 1.29 is 4.42 Å². The van der Waals surface area contributed by atoms with Crippen molar-refractivity contribution in [3.8, 4) is 0 Å². The van der Waals surface area contributed by atoms with Crippen LogP contribution >= 0.6 is 0 Å². The largest absolute Gasteiger partial charge is 0.427 e. The summed E-state index contributed by atoms with van der Waals surface area (Å²) in [7, 11) is 0. The highest BCUT2D eigenvalue weighted by Gasteiger charge is 2.36. The fourth-order valence-electron chi connectivity index (χ4n) is 2.92. The summed E-state index contributed by atoms with van der Waals surface area (Å²) in [6, 6.07) is 0. The molecule has 76 valence electrons. The summed E-state index contributed by atoms with van der Waals surface area (Å²) < 4.78 is 5.15. The van der Waals surface area contributed by atoms with Gasteiger partial charge in [-0.3, -0.25) is 4.90 Å². The van der Waals surface area contributed by atoms with Crippen LogP contribution in [-0.4, -0.2) is 28.2 Å². The number of hydrogen-bond acceptors (Lipinski definition) is 4. The Hall–Kier alpha value is -0.900. The van der Waals surface area contributed by atoms with Crippen molar-refractivity contribution in [3.05, 3.63) is 12.3 Å². The lowest BCUT2D eigenvalue weighted by Gasteiger charge is -2.13. The van der Waals surface area contributed by atoms with Crippen LogP contribution in [0, 0.1) is 11.8 Å². The summed E-state index contributed by atoms with van der Waals surface area (Å²) in [6.07, 6.45) is 5.69. The van der Waals surface area contributed by atoms with Crippen molar-refractivity contribution >= 4 is 0 Å². The van der Waals surface area contributed by atoms with Crippen molar-refractivity contribution in [1.82, 2.24) is 15.1 Å². The summed E-state index contributed by atoms with van der Waals surface area (Å²) >= 11 is 0. The Morgan fingerprint density at radius 3 is 2.79 bits per heavy atom. The first-order valence-corrected chi connectivity index (χ1v) is 5.39. The molecule has 1 aliphatic heterocycles. The Morgan fingerprint density at radius 2 is 2.14 bits per heavy atom. The van der Waals surface area contributed by atoms with Crippen molar-refractivity contribution in [2.75, 3.05) is 13.1 Å². The lowest BCUT2D eigenvalue weighted by atomic mass is 10.0. The topological polar surface area (TPSA) is 42.2 Å².